The number of hydrogen-bond acceptors (Lipinski definition) is 4. The minimum atomic E-state index is -0.991. The summed E-state index contributed by atoms with van der Waals surface area (Å²) in [7, 11) is 0. The lowest BCUT2D eigenvalue weighted by Gasteiger charge is -1.98. The molecule has 76 valence electrons. The topological polar surface area (TPSA) is 80.9 Å². The van der Waals surface area contributed by atoms with E-state index in [-0.39, 0.29) is 5.56 Å². The van der Waals surface area contributed by atoms with Gasteiger partial charge in [-0.3, -0.25) is 4.68 Å². The van der Waals surface area contributed by atoms with E-state index >= 15 is 0 Å². The van der Waals surface area contributed by atoms with Gasteiger partial charge in [0.15, 0.2) is 0 Å². The summed E-state index contributed by atoms with van der Waals surface area (Å²) in [6.45, 7) is 0.369. The predicted octanol–water partition coefficient (Wildman–Crippen LogP) is 0.420. The fourth-order valence-corrected chi connectivity index (χ4v) is 1.12. The van der Waals surface area contributed by atoms with Gasteiger partial charge in [-0.1, -0.05) is 0 Å². The van der Waals surface area contributed by atoms with Crippen LogP contribution in [0, 0.1) is 0 Å². The molecular weight excluding hydrogens is 196 g/mol. The number of aromatic carboxylic acids is 1. The molecule has 6 nitrogen and oxygen atoms in total. The summed E-state index contributed by atoms with van der Waals surface area (Å²) in [6, 6.07) is 1.72. The summed E-state index contributed by atoms with van der Waals surface area (Å²) in [6.07, 6.45) is 6.00. The molecule has 0 bridgehead atoms. The normalized spacial score (nSPS) is 10.1. The molecule has 2 aromatic rings. The van der Waals surface area contributed by atoms with Gasteiger partial charge in [0, 0.05) is 18.6 Å². The first-order chi connectivity index (χ1) is 7.25. The Kier molecular flexibility index (Phi) is 2.40. The van der Waals surface area contributed by atoms with Crippen LogP contribution in [0.4, 0.5) is 0 Å². The minimum Gasteiger partial charge on any atom is -0.478 e. The van der Waals surface area contributed by atoms with Crippen LogP contribution < -0.4 is 0 Å². The van der Waals surface area contributed by atoms with Gasteiger partial charge in [-0.2, -0.15) is 5.10 Å². The van der Waals surface area contributed by atoms with E-state index in [0.29, 0.717) is 12.4 Å². The fraction of sp³-hybridized carbons (Fsp3) is 0.111. The van der Waals surface area contributed by atoms with Gasteiger partial charge in [0.1, 0.15) is 12.4 Å². The zero-order chi connectivity index (χ0) is 10.7. The van der Waals surface area contributed by atoms with E-state index in [1.165, 1.54) is 17.1 Å². The lowest BCUT2D eigenvalue weighted by atomic mass is 10.4. The lowest BCUT2D eigenvalue weighted by molar-refractivity contribution is 0.0697. The Morgan fingerprint density at radius 1 is 1.40 bits per heavy atom. The summed E-state index contributed by atoms with van der Waals surface area (Å²) in [5.74, 6) is -0.396. The first-order valence-corrected chi connectivity index (χ1v) is 4.27. The van der Waals surface area contributed by atoms with Crippen molar-refractivity contribution in [2.24, 2.45) is 0 Å². The highest BCUT2D eigenvalue weighted by Gasteiger charge is 2.06. The Hall–Kier alpha value is -2.24. The third-order valence-electron chi connectivity index (χ3n) is 1.80. The van der Waals surface area contributed by atoms with Gasteiger partial charge in [0.05, 0.1) is 11.8 Å². The van der Waals surface area contributed by atoms with Crippen LogP contribution in [0.15, 0.2) is 30.9 Å². The molecule has 0 radical (unpaired) electrons. The molecule has 0 saturated heterocycles. The van der Waals surface area contributed by atoms with Crippen LogP contribution in [0.2, 0.25) is 0 Å². The number of nitrogens with zero attached hydrogens (tertiary/aromatic N) is 4. The van der Waals surface area contributed by atoms with E-state index in [1.807, 2.05) is 0 Å². The summed E-state index contributed by atoms with van der Waals surface area (Å²) in [5, 5.41) is 12.6. The van der Waals surface area contributed by atoms with Crippen LogP contribution in [0.25, 0.3) is 0 Å². The second-order valence-electron chi connectivity index (χ2n) is 2.90. The van der Waals surface area contributed by atoms with Crippen LogP contribution >= 0.6 is 0 Å². The van der Waals surface area contributed by atoms with Crippen molar-refractivity contribution in [3.63, 3.8) is 0 Å². The van der Waals surface area contributed by atoms with Crippen molar-refractivity contribution < 1.29 is 9.90 Å². The zero-order valence-corrected chi connectivity index (χ0v) is 7.74. The maximum atomic E-state index is 10.6. The van der Waals surface area contributed by atoms with Crippen molar-refractivity contribution in [2.75, 3.05) is 0 Å². The van der Waals surface area contributed by atoms with Gasteiger partial charge in [-0.25, -0.2) is 14.8 Å². The molecule has 1 N–H and O–H groups in total. The molecule has 0 aliphatic carbocycles. The SMILES string of the molecule is O=C(O)c1cnn(Cc2ncccn2)c1. The highest BCUT2D eigenvalue weighted by Crippen LogP contribution is 1.99. The molecule has 2 aromatic heterocycles. The molecule has 2 heterocycles. The molecule has 0 unspecified atom stereocenters. The van der Waals surface area contributed by atoms with Crippen LogP contribution in [0.3, 0.4) is 0 Å². The first-order valence-electron chi connectivity index (χ1n) is 4.27. The maximum absolute atomic E-state index is 10.6. The Labute approximate surface area is 85.2 Å². The number of carbonyl (C=O) groups is 1. The van der Waals surface area contributed by atoms with Crippen molar-refractivity contribution in [3.05, 3.63) is 42.2 Å². The standard InChI is InChI=1S/C9H8N4O2/c14-9(15)7-4-12-13(5-7)6-8-10-2-1-3-11-8/h1-5H,6H2,(H,14,15). The second kappa shape index (κ2) is 3.87. The van der Waals surface area contributed by atoms with Gasteiger partial charge in [-0.15, -0.1) is 0 Å². The molecule has 0 amide bonds. The molecule has 0 spiro atoms. The Morgan fingerprint density at radius 3 is 2.73 bits per heavy atom. The molecular formula is C9H8N4O2. The average molecular weight is 204 g/mol. The van der Waals surface area contributed by atoms with Crippen LogP contribution in [0.5, 0.6) is 0 Å². The zero-order valence-electron chi connectivity index (χ0n) is 7.74. The van der Waals surface area contributed by atoms with Crippen molar-refractivity contribution >= 4 is 5.97 Å². The van der Waals surface area contributed by atoms with E-state index in [9.17, 15) is 4.79 Å². The molecule has 0 atom stereocenters. The molecule has 15 heavy (non-hydrogen) atoms. The van der Waals surface area contributed by atoms with Crippen LogP contribution in [-0.4, -0.2) is 30.8 Å². The highest BCUT2D eigenvalue weighted by atomic mass is 16.4. The number of carboxylic acids is 1. The van der Waals surface area contributed by atoms with Crippen molar-refractivity contribution in [1.82, 2.24) is 19.7 Å². The van der Waals surface area contributed by atoms with Crippen molar-refractivity contribution in [3.8, 4) is 0 Å². The Bertz CT molecular complexity index is 466. The van der Waals surface area contributed by atoms with Gasteiger partial charge < -0.3 is 5.11 Å². The third-order valence-corrected chi connectivity index (χ3v) is 1.80. The van der Waals surface area contributed by atoms with E-state index in [4.69, 9.17) is 5.11 Å². The molecule has 0 saturated carbocycles. The fourth-order valence-electron chi connectivity index (χ4n) is 1.12. The largest absolute Gasteiger partial charge is 0.478 e. The molecule has 2 rings (SSSR count). The monoisotopic (exact) mass is 204 g/mol. The third kappa shape index (κ3) is 2.16. The molecule has 0 aliphatic heterocycles. The predicted molar refractivity (Wildman–Crippen MR) is 50.3 cm³/mol. The van der Waals surface area contributed by atoms with Crippen molar-refractivity contribution in [1.29, 1.82) is 0 Å². The minimum absolute atomic E-state index is 0.158. The second-order valence-corrected chi connectivity index (χ2v) is 2.90. The summed E-state index contributed by atoms with van der Waals surface area (Å²) < 4.78 is 1.48. The van der Waals surface area contributed by atoms with Gasteiger partial charge in [0.2, 0.25) is 0 Å². The van der Waals surface area contributed by atoms with Crippen molar-refractivity contribution in [2.45, 2.75) is 6.54 Å². The number of rotatable bonds is 3. The summed E-state index contributed by atoms with van der Waals surface area (Å²) in [4.78, 5) is 18.6. The number of aromatic nitrogens is 4. The number of carboxylic acid groups (broad SMARTS) is 1. The van der Waals surface area contributed by atoms with Gasteiger partial charge in [0.25, 0.3) is 0 Å². The Balaban J connectivity index is 2.15. The first kappa shape index (κ1) is 9.32. The van der Waals surface area contributed by atoms with E-state index in [1.54, 1.807) is 18.5 Å². The molecule has 0 aliphatic rings. The highest BCUT2D eigenvalue weighted by molar-refractivity contribution is 5.86. The van der Waals surface area contributed by atoms with Gasteiger partial charge in [-0.05, 0) is 6.07 Å². The maximum Gasteiger partial charge on any atom is 0.338 e. The quantitative estimate of drug-likeness (QED) is 0.783. The van der Waals surface area contributed by atoms with Crippen LogP contribution in [-0.2, 0) is 6.54 Å². The van der Waals surface area contributed by atoms with E-state index in [2.05, 4.69) is 15.1 Å². The number of hydrogen-bond donors (Lipinski definition) is 1. The van der Waals surface area contributed by atoms with E-state index < -0.39 is 5.97 Å². The molecule has 0 fully saturated rings. The van der Waals surface area contributed by atoms with Gasteiger partial charge >= 0.3 is 5.97 Å². The average Bonchev–Trinajstić information content (AvgIpc) is 2.68. The molecule has 6 heteroatoms. The smallest absolute Gasteiger partial charge is 0.338 e. The summed E-state index contributed by atoms with van der Waals surface area (Å²) >= 11 is 0. The van der Waals surface area contributed by atoms with E-state index in [0.717, 1.165) is 0 Å². The molecule has 0 aromatic carbocycles. The van der Waals surface area contributed by atoms with Crippen LogP contribution in [0.1, 0.15) is 16.2 Å². The summed E-state index contributed by atoms with van der Waals surface area (Å²) in [5.41, 5.74) is 0.158. The lowest BCUT2D eigenvalue weighted by Crippen LogP contribution is -2.04. The Morgan fingerprint density at radius 2 is 2.13 bits per heavy atom.